The van der Waals surface area contributed by atoms with Crippen LogP contribution in [0.5, 0.6) is 0 Å². The largest absolute Gasteiger partial charge is 0.352 e. The van der Waals surface area contributed by atoms with Crippen LogP contribution in [-0.2, 0) is 4.79 Å². The van der Waals surface area contributed by atoms with Gasteiger partial charge in [0.1, 0.15) is 0 Å². The van der Waals surface area contributed by atoms with E-state index in [2.05, 4.69) is 29.0 Å². The van der Waals surface area contributed by atoms with Crippen LogP contribution in [0.25, 0.3) is 0 Å². The fourth-order valence-corrected chi connectivity index (χ4v) is 3.30. The maximum Gasteiger partial charge on any atom is 0.234 e. The van der Waals surface area contributed by atoms with Crippen LogP contribution in [0, 0.1) is 5.41 Å². The second-order valence-electron chi connectivity index (χ2n) is 6.75. The second-order valence-corrected chi connectivity index (χ2v) is 6.75. The molecule has 5 nitrogen and oxygen atoms in total. The molecule has 132 valence electrons. The minimum Gasteiger partial charge on any atom is -0.352 e. The average Bonchev–Trinajstić information content (AvgIpc) is 2.81. The van der Waals surface area contributed by atoms with E-state index in [9.17, 15) is 4.79 Å². The molecule has 1 unspecified atom stereocenters. The molecule has 1 atom stereocenters. The van der Waals surface area contributed by atoms with Gasteiger partial charge in [0, 0.05) is 25.7 Å². The van der Waals surface area contributed by atoms with Crippen molar-refractivity contribution in [1.29, 1.82) is 0 Å². The van der Waals surface area contributed by atoms with Gasteiger partial charge >= 0.3 is 0 Å². The number of nitrogens with zero attached hydrogens (tertiary/aromatic N) is 2. The van der Waals surface area contributed by atoms with Crippen molar-refractivity contribution in [1.82, 2.24) is 15.1 Å². The lowest BCUT2D eigenvalue weighted by Gasteiger charge is -2.31. The molecule has 0 aromatic carbocycles. The summed E-state index contributed by atoms with van der Waals surface area (Å²) >= 11 is 0. The summed E-state index contributed by atoms with van der Waals surface area (Å²) in [5.41, 5.74) is 6.01. The standard InChI is InChI=1S/C15H30N4O.2ClH/c1-3-18-7-4-13(5-8-18)17-14(20)10-19-9-6-15(2,11-16)12-19;;/h13H,3-12,16H2,1-2H3,(H,17,20);2*1H. The van der Waals surface area contributed by atoms with Gasteiger partial charge in [-0.1, -0.05) is 13.8 Å². The number of halogens is 2. The van der Waals surface area contributed by atoms with Gasteiger partial charge in [0.15, 0.2) is 0 Å². The fraction of sp³-hybridized carbons (Fsp3) is 0.933. The van der Waals surface area contributed by atoms with Crippen LogP contribution in [0.2, 0.25) is 0 Å². The maximum absolute atomic E-state index is 12.1. The lowest BCUT2D eigenvalue weighted by molar-refractivity contribution is -0.123. The molecule has 0 aliphatic carbocycles. The normalized spacial score (nSPS) is 27.0. The van der Waals surface area contributed by atoms with Crippen molar-refractivity contribution in [3.05, 3.63) is 0 Å². The van der Waals surface area contributed by atoms with Crippen LogP contribution in [0.3, 0.4) is 0 Å². The van der Waals surface area contributed by atoms with E-state index < -0.39 is 0 Å². The number of nitrogens with two attached hydrogens (primary N) is 1. The highest BCUT2D eigenvalue weighted by atomic mass is 35.5. The van der Waals surface area contributed by atoms with E-state index in [1.807, 2.05) is 0 Å². The van der Waals surface area contributed by atoms with Gasteiger partial charge < -0.3 is 16.0 Å². The Balaban J connectivity index is 0.00000220. The SMILES string of the molecule is CCN1CCC(NC(=O)CN2CCC(C)(CN)C2)CC1.Cl.Cl. The highest BCUT2D eigenvalue weighted by Crippen LogP contribution is 2.27. The Hall–Kier alpha value is -0.0700. The fourth-order valence-electron chi connectivity index (χ4n) is 3.30. The van der Waals surface area contributed by atoms with Gasteiger partial charge in [-0.2, -0.15) is 0 Å². The predicted octanol–water partition coefficient (Wildman–Crippen LogP) is 1.10. The van der Waals surface area contributed by atoms with Crippen molar-refractivity contribution in [2.45, 2.75) is 39.2 Å². The number of carbonyl (C=O) groups is 1. The molecule has 3 N–H and O–H groups in total. The van der Waals surface area contributed by atoms with E-state index in [4.69, 9.17) is 5.73 Å². The van der Waals surface area contributed by atoms with Crippen molar-refractivity contribution >= 4 is 30.7 Å². The molecular weight excluding hydrogens is 323 g/mol. The molecule has 2 aliphatic heterocycles. The van der Waals surface area contributed by atoms with E-state index in [0.717, 1.165) is 52.0 Å². The molecule has 1 amide bonds. The first-order chi connectivity index (χ1) is 9.54. The number of amides is 1. The van der Waals surface area contributed by atoms with Crippen LogP contribution in [0.15, 0.2) is 0 Å². The van der Waals surface area contributed by atoms with E-state index in [0.29, 0.717) is 19.1 Å². The Morgan fingerprint density at radius 1 is 1.23 bits per heavy atom. The van der Waals surface area contributed by atoms with Gasteiger partial charge in [0.05, 0.1) is 6.54 Å². The number of hydrogen-bond acceptors (Lipinski definition) is 4. The summed E-state index contributed by atoms with van der Waals surface area (Å²) in [6, 6.07) is 0.369. The second kappa shape index (κ2) is 9.93. The van der Waals surface area contributed by atoms with Crippen LogP contribution in [0.1, 0.15) is 33.1 Å². The van der Waals surface area contributed by atoms with Crippen molar-refractivity contribution in [2.24, 2.45) is 11.1 Å². The zero-order valence-electron chi connectivity index (χ0n) is 13.8. The Morgan fingerprint density at radius 2 is 1.86 bits per heavy atom. The molecule has 2 heterocycles. The lowest BCUT2D eigenvalue weighted by atomic mass is 9.90. The maximum atomic E-state index is 12.1. The first-order valence-corrected chi connectivity index (χ1v) is 7.99. The Kier molecular flexibility index (Phi) is 9.90. The molecule has 2 aliphatic rings. The highest BCUT2D eigenvalue weighted by Gasteiger charge is 2.33. The first-order valence-electron chi connectivity index (χ1n) is 7.99. The molecule has 0 spiro atoms. The highest BCUT2D eigenvalue weighted by molar-refractivity contribution is 5.85. The third-order valence-electron chi connectivity index (χ3n) is 4.90. The molecule has 0 aromatic heterocycles. The van der Waals surface area contributed by atoms with Gasteiger partial charge in [0.2, 0.25) is 5.91 Å². The minimum atomic E-state index is 0. The van der Waals surface area contributed by atoms with Crippen molar-refractivity contribution < 1.29 is 4.79 Å². The van der Waals surface area contributed by atoms with Gasteiger partial charge in [-0.15, -0.1) is 24.8 Å². The van der Waals surface area contributed by atoms with Crippen molar-refractivity contribution in [3.8, 4) is 0 Å². The Labute approximate surface area is 147 Å². The third kappa shape index (κ3) is 6.20. The van der Waals surface area contributed by atoms with Crippen molar-refractivity contribution in [2.75, 3.05) is 45.8 Å². The smallest absolute Gasteiger partial charge is 0.234 e. The molecule has 7 heteroatoms. The summed E-state index contributed by atoms with van der Waals surface area (Å²) < 4.78 is 0. The molecule has 0 radical (unpaired) electrons. The van der Waals surface area contributed by atoms with Gasteiger partial charge in [-0.05, 0) is 44.3 Å². The topological polar surface area (TPSA) is 61.6 Å². The molecule has 22 heavy (non-hydrogen) atoms. The number of piperidine rings is 1. The van der Waals surface area contributed by atoms with E-state index in [-0.39, 0.29) is 36.1 Å². The molecule has 0 bridgehead atoms. The molecule has 0 saturated carbocycles. The van der Waals surface area contributed by atoms with E-state index in [1.165, 1.54) is 0 Å². The van der Waals surface area contributed by atoms with E-state index in [1.54, 1.807) is 0 Å². The first kappa shape index (κ1) is 21.9. The minimum absolute atomic E-state index is 0. The predicted molar refractivity (Wildman–Crippen MR) is 96.0 cm³/mol. The number of nitrogens with one attached hydrogen (secondary N) is 1. The summed E-state index contributed by atoms with van der Waals surface area (Å²) in [4.78, 5) is 16.8. The van der Waals surface area contributed by atoms with Gasteiger partial charge in [-0.25, -0.2) is 0 Å². The molecule has 2 rings (SSSR count). The molecule has 2 fully saturated rings. The summed E-state index contributed by atoms with van der Waals surface area (Å²) in [7, 11) is 0. The van der Waals surface area contributed by atoms with Crippen LogP contribution < -0.4 is 11.1 Å². The van der Waals surface area contributed by atoms with Crippen LogP contribution in [0.4, 0.5) is 0 Å². The quantitative estimate of drug-likeness (QED) is 0.775. The summed E-state index contributed by atoms with van der Waals surface area (Å²) in [5.74, 6) is 0.182. The zero-order chi connectivity index (χ0) is 14.6. The summed E-state index contributed by atoms with van der Waals surface area (Å²) in [6.45, 7) is 10.9. The third-order valence-corrected chi connectivity index (χ3v) is 4.90. The Bertz CT molecular complexity index is 338. The van der Waals surface area contributed by atoms with E-state index >= 15 is 0 Å². The molecular formula is C15H32Cl2N4O. The number of likely N-dealkylation sites (tertiary alicyclic amines) is 2. The van der Waals surface area contributed by atoms with Crippen LogP contribution in [-0.4, -0.2) is 67.6 Å². The molecule has 0 aromatic rings. The number of hydrogen-bond donors (Lipinski definition) is 2. The summed E-state index contributed by atoms with van der Waals surface area (Å²) in [5, 5.41) is 3.20. The lowest BCUT2D eigenvalue weighted by Crippen LogP contribution is -2.47. The summed E-state index contributed by atoms with van der Waals surface area (Å²) in [6.07, 6.45) is 3.27. The average molecular weight is 355 g/mol. The monoisotopic (exact) mass is 354 g/mol. The zero-order valence-corrected chi connectivity index (χ0v) is 15.5. The Morgan fingerprint density at radius 3 is 2.36 bits per heavy atom. The molecule has 2 saturated heterocycles. The van der Waals surface area contributed by atoms with Crippen molar-refractivity contribution in [3.63, 3.8) is 0 Å². The van der Waals surface area contributed by atoms with Crippen LogP contribution >= 0.6 is 24.8 Å². The number of carbonyl (C=O) groups excluding carboxylic acids is 1. The van der Waals surface area contributed by atoms with Gasteiger partial charge in [-0.3, -0.25) is 9.69 Å². The van der Waals surface area contributed by atoms with Gasteiger partial charge in [0.25, 0.3) is 0 Å². The number of rotatable bonds is 5.